The van der Waals surface area contributed by atoms with Gasteiger partial charge in [0.25, 0.3) is 0 Å². The van der Waals surface area contributed by atoms with Crippen molar-refractivity contribution in [1.82, 2.24) is 4.90 Å². The quantitative estimate of drug-likeness (QED) is 0.420. The number of halogens is 1. The van der Waals surface area contributed by atoms with Crippen molar-refractivity contribution in [2.75, 3.05) is 25.0 Å². The summed E-state index contributed by atoms with van der Waals surface area (Å²) in [6.07, 6.45) is 5.25. The molecule has 2 heterocycles. The predicted molar refractivity (Wildman–Crippen MR) is 143 cm³/mol. The van der Waals surface area contributed by atoms with Crippen LogP contribution in [-0.4, -0.2) is 30.4 Å². The Labute approximate surface area is 210 Å². The molecule has 0 bridgehead atoms. The Kier molecular flexibility index (Phi) is 7.75. The molecule has 5 rings (SSSR count). The first-order chi connectivity index (χ1) is 16.2. The highest BCUT2D eigenvalue weighted by molar-refractivity contribution is 6.09. The Morgan fingerprint density at radius 2 is 1.59 bits per heavy atom. The number of piperidine rings is 1. The molecular weight excluding hydrogens is 440 g/mol. The highest BCUT2D eigenvalue weighted by atomic mass is 35.5. The van der Waals surface area contributed by atoms with E-state index in [1.165, 1.54) is 29.5 Å². The van der Waals surface area contributed by atoms with Crippen LogP contribution in [0.2, 0.25) is 0 Å². The monoisotopic (exact) mass is 474 g/mol. The number of likely N-dealkylation sites (tertiary alicyclic amines) is 1. The molecule has 1 N–H and O–H groups in total. The Balaban J connectivity index is 0.00000274. The average molecular weight is 475 g/mol. The zero-order chi connectivity index (χ0) is 22.7. The molecular formula is C30H35ClN2O. The molecule has 0 saturated carbocycles. The van der Waals surface area contributed by atoms with Crippen molar-refractivity contribution in [2.24, 2.45) is 0 Å². The molecule has 1 atom stereocenters. The molecule has 0 spiro atoms. The van der Waals surface area contributed by atoms with E-state index >= 15 is 0 Å². The van der Waals surface area contributed by atoms with Crippen LogP contribution in [0.5, 0.6) is 0 Å². The molecule has 0 aromatic heterocycles. The SMILES string of the molecule is CCCc1cccc2c1C(CCN1CCC(c3ccccc3)CC1)(c1ccccc1)C(=O)N2.Cl. The number of amides is 1. The largest absolute Gasteiger partial charge is 0.325 e. The summed E-state index contributed by atoms with van der Waals surface area (Å²) in [4.78, 5) is 16.3. The highest BCUT2D eigenvalue weighted by Gasteiger charge is 2.49. The van der Waals surface area contributed by atoms with Crippen LogP contribution in [0.15, 0.2) is 78.9 Å². The van der Waals surface area contributed by atoms with E-state index in [1.54, 1.807) is 0 Å². The number of nitrogens with zero attached hydrogens (tertiary/aromatic N) is 1. The zero-order valence-electron chi connectivity index (χ0n) is 20.0. The molecule has 1 unspecified atom stereocenters. The van der Waals surface area contributed by atoms with Crippen LogP contribution >= 0.6 is 12.4 Å². The number of rotatable bonds is 7. The third kappa shape index (κ3) is 4.52. The van der Waals surface area contributed by atoms with Gasteiger partial charge in [-0.1, -0.05) is 86.1 Å². The lowest BCUT2D eigenvalue weighted by Crippen LogP contribution is -2.42. The number of nitrogens with one attached hydrogen (secondary N) is 1. The molecule has 2 aliphatic heterocycles. The Morgan fingerprint density at radius 3 is 2.26 bits per heavy atom. The molecule has 34 heavy (non-hydrogen) atoms. The third-order valence-electron chi connectivity index (χ3n) is 7.66. The van der Waals surface area contributed by atoms with Crippen molar-refractivity contribution >= 4 is 24.0 Å². The van der Waals surface area contributed by atoms with Crippen LogP contribution in [0.4, 0.5) is 5.69 Å². The number of hydrogen-bond donors (Lipinski definition) is 1. The maximum atomic E-state index is 13.7. The van der Waals surface area contributed by atoms with Gasteiger partial charge in [0.15, 0.2) is 0 Å². The summed E-state index contributed by atoms with van der Waals surface area (Å²) in [6.45, 7) is 5.33. The number of benzene rings is 3. The molecule has 0 radical (unpaired) electrons. The Bertz CT molecular complexity index is 1090. The maximum Gasteiger partial charge on any atom is 0.239 e. The summed E-state index contributed by atoms with van der Waals surface area (Å²) in [5.41, 5.74) is 5.48. The van der Waals surface area contributed by atoms with Crippen LogP contribution in [-0.2, 0) is 16.6 Å². The van der Waals surface area contributed by atoms with E-state index in [2.05, 4.69) is 89.9 Å². The molecule has 3 nitrogen and oxygen atoms in total. The van der Waals surface area contributed by atoms with Gasteiger partial charge in [-0.15, -0.1) is 12.4 Å². The fraction of sp³-hybridized carbons (Fsp3) is 0.367. The van der Waals surface area contributed by atoms with Gasteiger partial charge in [-0.25, -0.2) is 0 Å². The minimum absolute atomic E-state index is 0. The van der Waals surface area contributed by atoms with Gasteiger partial charge in [-0.2, -0.15) is 0 Å². The lowest BCUT2D eigenvalue weighted by atomic mass is 9.70. The first kappa shape index (κ1) is 24.5. The maximum absolute atomic E-state index is 13.7. The predicted octanol–water partition coefficient (Wildman–Crippen LogP) is 6.57. The molecule has 3 aromatic rings. The topological polar surface area (TPSA) is 32.3 Å². The zero-order valence-corrected chi connectivity index (χ0v) is 20.8. The molecule has 1 amide bonds. The molecule has 3 aromatic carbocycles. The number of carbonyl (C=O) groups excluding carboxylic acids is 1. The van der Waals surface area contributed by atoms with Crippen molar-refractivity contribution in [2.45, 2.75) is 50.4 Å². The third-order valence-corrected chi connectivity index (χ3v) is 7.66. The average Bonchev–Trinajstić information content (AvgIpc) is 3.17. The van der Waals surface area contributed by atoms with Gasteiger partial charge in [0.05, 0.1) is 0 Å². The highest BCUT2D eigenvalue weighted by Crippen LogP contribution is 2.47. The van der Waals surface area contributed by atoms with E-state index in [0.29, 0.717) is 5.92 Å². The first-order valence-electron chi connectivity index (χ1n) is 12.5. The second kappa shape index (κ2) is 10.8. The van der Waals surface area contributed by atoms with Gasteiger partial charge in [-0.3, -0.25) is 4.79 Å². The van der Waals surface area contributed by atoms with Gasteiger partial charge < -0.3 is 10.2 Å². The van der Waals surface area contributed by atoms with Gasteiger partial charge in [0.1, 0.15) is 5.41 Å². The smallest absolute Gasteiger partial charge is 0.239 e. The normalized spacial score (nSPS) is 20.4. The van der Waals surface area contributed by atoms with E-state index in [-0.39, 0.29) is 18.3 Å². The summed E-state index contributed by atoms with van der Waals surface area (Å²) in [6, 6.07) is 27.7. The van der Waals surface area contributed by atoms with Gasteiger partial charge >= 0.3 is 0 Å². The van der Waals surface area contributed by atoms with Crippen molar-refractivity contribution in [3.8, 4) is 0 Å². The van der Waals surface area contributed by atoms with Crippen LogP contribution in [0.1, 0.15) is 60.8 Å². The molecule has 4 heteroatoms. The van der Waals surface area contributed by atoms with Crippen LogP contribution < -0.4 is 5.32 Å². The number of carbonyl (C=O) groups is 1. The standard InChI is InChI=1S/C30H34N2O.ClH/c1-2-10-25-13-9-16-27-28(25)30(29(33)31-27,26-14-7-4-8-15-26)19-22-32-20-17-24(18-21-32)23-11-5-3-6-12-23;/h3-9,11-16,24H,2,10,17-22H2,1H3,(H,31,33);1H. The number of hydrogen-bond acceptors (Lipinski definition) is 2. The van der Waals surface area contributed by atoms with Crippen LogP contribution in [0.3, 0.4) is 0 Å². The van der Waals surface area contributed by atoms with Crippen LogP contribution in [0, 0.1) is 0 Å². The lowest BCUT2D eigenvalue weighted by molar-refractivity contribution is -0.119. The van der Waals surface area contributed by atoms with Gasteiger partial charge in [-0.05, 0) is 79.6 Å². The fourth-order valence-corrected chi connectivity index (χ4v) is 5.95. The van der Waals surface area contributed by atoms with Gasteiger partial charge in [0.2, 0.25) is 5.91 Å². The second-order valence-corrected chi connectivity index (χ2v) is 9.59. The second-order valence-electron chi connectivity index (χ2n) is 9.59. The van der Waals surface area contributed by atoms with Crippen molar-refractivity contribution in [3.05, 3.63) is 101 Å². The minimum atomic E-state index is -0.612. The van der Waals surface area contributed by atoms with Crippen molar-refractivity contribution < 1.29 is 4.79 Å². The lowest BCUT2D eigenvalue weighted by Gasteiger charge is -2.36. The summed E-state index contributed by atoms with van der Waals surface area (Å²) in [5.74, 6) is 0.781. The summed E-state index contributed by atoms with van der Waals surface area (Å²) < 4.78 is 0. The number of anilines is 1. The van der Waals surface area contributed by atoms with Crippen molar-refractivity contribution in [3.63, 3.8) is 0 Å². The van der Waals surface area contributed by atoms with Gasteiger partial charge in [0, 0.05) is 5.69 Å². The Hall–Kier alpha value is -2.62. The number of fused-ring (bicyclic) bond motifs is 1. The summed E-state index contributed by atoms with van der Waals surface area (Å²) >= 11 is 0. The van der Waals surface area contributed by atoms with E-state index in [1.807, 2.05) is 6.07 Å². The molecule has 0 aliphatic carbocycles. The minimum Gasteiger partial charge on any atom is -0.325 e. The summed E-state index contributed by atoms with van der Waals surface area (Å²) in [5, 5.41) is 3.24. The fourth-order valence-electron chi connectivity index (χ4n) is 5.95. The number of aryl methyl sites for hydroxylation is 1. The first-order valence-corrected chi connectivity index (χ1v) is 12.5. The molecule has 178 valence electrons. The van der Waals surface area contributed by atoms with Crippen molar-refractivity contribution in [1.29, 1.82) is 0 Å². The molecule has 1 fully saturated rings. The van der Waals surface area contributed by atoms with E-state index in [9.17, 15) is 4.79 Å². The molecule has 2 aliphatic rings. The van der Waals surface area contributed by atoms with E-state index < -0.39 is 5.41 Å². The molecule has 1 saturated heterocycles. The van der Waals surface area contributed by atoms with Crippen LogP contribution in [0.25, 0.3) is 0 Å². The van der Waals surface area contributed by atoms with E-state index in [4.69, 9.17) is 0 Å². The summed E-state index contributed by atoms with van der Waals surface area (Å²) in [7, 11) is 0. The Morgan fingerprint density at radius 1 is 0.912 bits per heavy atom. The van der Waals surface area contributed by atoms with E-state index in [0.717, 1.165) is 50.1 Å².